The Bertz CT molecular complexity index is 1670. The van der Waals surface area contributed by atoms with E-state index in [1.54, 1.807) is 31.0 Å². The number of hydrogen-bond acceptors (Lipinski definition) is 6. The Labute approximate surface area is 219 Å². The van der Waals surface area contributed by atoms with Gasteiger partial charge in [-0.25, -0.2) is 4.98 Å². The van der Waals surface area contributed by atoms with Crippen molar-refractivity contribution in [1.82, 2.24) is 19.9 Å². The molecule has 2 N–H and O–H groups in total. The number of hydrogen-bond donors (Lipinski definition) is 2. The number of nitriles is 1. The molecule has 0 saturated carbocycles. The molecule has 38 heavy (non-hydrogen) atoms. The lowest BCUT2D eigenvalue weighted by molar-refractivity contribution is -0.118. The number of anilines is 1. The fourth-order valence-electron chi connectivity index (χ4n) is 4.69. The number of benzene rings is 3. The number of ether oxygens (including phenoxy) is 1. The van der Waals surface area contributed by atoms with Gasteiger partial charge in [0.1, 0.15) is 17.6 Å². The van der Waals surface area contributed by atoms with Crippen LogP contribution in [0.5, 0.6) is 11.5 Å². The van der Waals surface area contributed by atoms with Gasteiger partial charge >= 0.3 is 0 Å². The van der Waals surface area contributed by atoms with Gasteiger partial charge in [-0.2, -0.15) is 5.26 Å². The van der Waals surface area contributed by atoms with E-state index in [9.17, 15) is 10.1 Å². The topological polar surface area (TPSA) is 105 Å². The molecular formula is C30H24N6O2. The van der Waals surface area contributed by atoms with Crippen LogP contribution >= 0.6 is 0 Å². The summed E-state index contributed by atoms with van der Waals surface area (Å²) in [5.41, 5.74) is 3.99. The van der Waals surface area contributed by atoms with E-state index in [0.29, 0.717) is 42.3 Å². The van der Waals surface area contributed by atoms with Crippen molar-refractivity contribution >= 4 is 22.4 Å². The summed E-state index contributed by atoms with van der Waals surface area (Å²) >= 11 is 0. The molecule has 3 aromatic carbocycles. The van der Waals surface area contributed by atoms with Crippen LogP contribution < -0.4 is 15.4 Å². The highest BCUT2D eigenvalue weighted by molar-refractivity contribution is 6.04. The first-order valence-electron chi connectivity index (χ1n) is 12.3. The number of imidazole rings is 1. The van der Waals surface area contributed by atoms with Crippen LogP contribution in [0.4, 0.5) is 5.69 Å². The lowest BCUT2D eigenvalue weighted by atomic mass is 10.0. The summed E-state index contributed by atoms with van der Waals surface area (Å²) in [4.78, 5) is 22.2. The maximum absolute atomic E-state index is 13.6. The van der Waals surface area contributed by atoms with Gasteiger partial charge in [0.25, 0.3) is 0 Å². The number of nitrogens with zero attached hydrogens (tertiary/aromatic N) is 4. The molecule has 0 saturated heterocycles. The van der Waals surface area contributed by atoms with E-state index in [1.807, 2.05) is 65.2 Å². The molecule has 0 fully saturated rings. The smallest absolute Gasteiger partial charge is 0.241 e. The first-order chi connectivity index (χ1) is 18.7. The van der Waals surface area contributed by atoms with Crippen molar-refractivity contribution in [2.75, 3.05) is 5.32 Å². The van der Waals surface area contributed by atoms with Gasteiger partial charge in [-0.1, -0.05) is 30.3 Å². The Morgan fingerprint density at radius 2 is 2.00 bits per heavy atom. The van der Waals surface area contributed by atoms with Crippen molar-refractivity contribution in [3.63, 3.8) is 0 Å². The van der Waals surface area contributed by atoms with E-state index in [2.05, 4.69) is 26.7 Å². The van der Waals surface area contributed by atoms with E-state index in [0.717, 1.165) is 27.6 Å². The maximum Gasteiger partial charge on any atom is 0.241 e. The second-order valence-corrected chi connectivity index (χ2v) is 9.23. The molecule has 1 aliphatic heterocycles. The number of rotatable bonds is 2. The first-order valence-corrected chi connectivity index (χ1v) is 12.3. The van der Waals surface area contributed by atoms with E-state index < -0.39 is 6.04 Å². The number of aromatic nitrogens is 3. The van der Waals surface area contributed by atoms with Gasteiger partial charge in [0, 0.05) is 42.8 Å². The van der Waals surface area contributed by atoms with Crippen LogP contribution in [0.1, 0.15) is 22.4 Å². The zero-order chi connectivity index (χ0) is 25.9. The van der Waals surface area contributed by atoms with Crippen LogP contribution in [0.2, 0.25) is 0 Å². The second kappa shape index (κ2) is 10.2. The highest BCUT2D eigenvalue weighted by Gasteiger charge is 2.21. The maximum atomic E-state index is 13.6. The number of nitrogens with one attached hydrogen (secondary N) is 2. The largest absolute Gasteiger partial charge is 0.456 e. The average molecular weight is 501 g/mol. The third-order valence-corrected chi connectivity index (χ3v) is 6.67. The number of carbonyl (C=O) groups is 1. The molecule has 4 bridgehead atoms. The number of pyridine rings is 1. The van der Waals surface area contributed by atoms with Crippen LogP contribution in [0.25, 0.3) is 10.8 Å². The Balaban J connectivity index is 1.44. The number of fused-ring (bicyclic) bond motifs is 4. The van der Waals surface area contributed by atoms with E-state index in [-0.39, 0.29) is 5.91 Å². The van der Waals surface area contributed by atoms with Gasteiger partial charge < -0.3 is 14.6 Å². The van der Waals surface area contributed by atoms with Gasteiger partial charge in [0.15, 0.2) is 0 Å². The molecule has 5 aromatic rings. The first kappa shape index (κ1) is 23.4. The zero-order valence-electron chi connectivity index (χ0n) is 20.5. The fraction of sp³-hybridized carbons (Fsp3) is 0.133. The highest BCUT2D eigenvalue weighted by Crippen LogP contribution is 2.32. The molecule has 3 heterocycles. The van der Waals surface area contributed by atoms with Crippen molar-refractivity contribution in [2.24, 2.45) is 0 Å². The van der Waals surface area contributed by atoms with Crippen LogP contribution in [-0.4, -0.2) is 26.5 Å². The summed E-state index contributed by atoms with van der Waals surface area (Å²) in [7, 11) is 0. The third-order valence-electron chi connectivity index (χ3n) is 6.67. The van der Waals surface area contributed by atoms with E-state index >= 15 is 0 Å². The van der Waals surface area contributed by atoms with Crippen molar-refractivity contribution in [3.8, 4) is 17.6 Å². The fourth-order valence-corrected chi connectivity index (χ4v) is 4.69. The number of amides is 1. The average Bonchev–Trinajstić information content (AvgIpc) is 3.38. The minimum Gasteiger partial charge on any atom is -0.456 e. The van der Waals surface area contributed by atoms with Gasteiger partial charge in [-0.05, 0) is 59.3 Å². The molecule has 6 rings (SSSR count). The summed E-state index contributed by atoms with van der Waals surface area (Å²) in [6.45, 7) is 0.984. The van der Waals surface area contributed by atoms with Crippen molar-refractivity contribution in [1.29, 1.82) is 5.26 Å². The minimum absolute atomic E-state index is 0.150. The van der Waals surface area contributed by atoms with Crippen molar-refractivity contribution < 1.29 is 9.53 Å². The summed E-state index contributed by atoms with van der Waals surface area (Å²) in [6.07, 6.45) is 7.54. The molecule has 186 valence electrons. The summed E-state index contributed by atoms with van der Waals surface area (Å²) in [6, 6.07) is 22.6. The zero-order valence-corrected chi connectivity index (χ0v) is 20.5. The molecule has 0 radical (unpaired) electrons. The predicted molar refractivity (Wildman–Crippen MR) is 144 cm³/mol. The van der Waals surface area contributed by atoms with Gasteiger partial charge in [-0.15, -0.1) is 0 Å². The lowest BCUT2D eigenvalue weighted by Gasteiger charge is -2.20. The van der Waals surface area contributed by atoms with E-state index in [1.165, 1.54) is 0 Å². The predicted octanol–water partition coefficient (Wildman–Crippen LogP) is 4.80. The van der Waals surface area contributed by atoms with Crippen LogP contribution in [0.3, 0.4) is 0 Å². The summed E-state index contributed by atoms with van der Waals surface area (Å²) in [5.74, 6) is 0.908. The molecule has 2 aromatic heterocycles. The molecule has 8 nitrogen and oxygen atoms in total. The molecule has 1 amide bonds. The highest BCUT2D eigenvalue weighted by atomic mass is 16.5. The Morgan fingerprint density at radius 1 is 1.05 bits per heavy atom. The Morgan fingerprint density at radius 3 is 2.87 bits per heavy atom. The second-order valence-electron chi connectivity index (χ2n) is 9.23. The van der Waals surface area contributed by atoms with Crippen molar-refractivity contribution in [2.45, 2.75) is 25.6 Å². The Hall–Kier alpha value is -5.00. The van der Waals surface area contributed by atoms with Crippen molar-refractivity contribution in [3.05, 3.63) is 114 Å². The summed E-state index contributed by atoms with van der Waals surface area (Å²) < 4.78 is 8.24. The molecule has 1 atom stereocenters. The molecular weight excluding hydrogens is 476 g/mol. The van der Waals surface area contributed by atoms with E-state index in [4.69, 9.17) is 4.74 Å². The standard InChI is InChI=1S/C30H24N6O2/c31-14-23-7-6-21-12-29(23)38-25-9-8-22-4-1-5-27(26(22)13-25)35-30(37)28(11-20-3-2-10-32-15-20)34-17-24-16-33-19-36(24)18-21/h1-10,12-13,15-16,19,28,34H,11,17-18H2,(H,35,37). The quantitative estimate of drug-likeness (QED) is 0.361. The molecule has 1 unspecified atom stereocenters. The number of carbonyl (C=O) groups excluding carboxylic acids is 1. The molecule has 1 aliphatic rings. The molecule has 0 spiro atoms. The van der Waals surface area contributed by atoms with Crippen LogP contribution in [0, 0.1) is 11.3 Å². The van der Waals surface area contributed by atoms with Gasteiger partial charge in [0.05, 0.1) is 23.6 Å². The van der Waals surface area contributed by atoms with Crippen LogP contribution in [0.15, 0.2) is 91.6 Å². The molecule has 0 aliphatic carbocycles. The Kier molecular flexibility index (Phi) is 6.26. The van der Waals surface area contributed by atoms with Gasteiger partial charge in [0.2, 0.25) is 5.91 Å². The monoisotopic (exact) mass is 500 g/mol. The normalized spacial score (nSPS) is 15.3. The lowest BCUT2D eigenvalue weighted by Crippen LogP contribution is -2.42. The van der Waals surface area contributed by atoms with Gasteiger partial charge in [-0.3, -0.25) is 15.1 Å². The minimum atomic E-state index is -0.508. The third kappa shape index (κ3) is 4.83. The molecule has 8 heteroatoms. The van der Waals surface area contributed by atoms with Crippen LogP contribution in [-0.2, 0) is 24.3 Å². The SMILES string of the molecule is N#Cc1ccc2cc1Oc1ccc3cccc(c3c1)NC(=O)C(Cc1cccnc1)NCc1cncn1C2. The summed E-state index contributed by atoms with van der Waals surface area (Å²) in [5, 5.41) is 18.0.